The quantitative estimate of drug-likeness (QED) is 0.833. The SMILES string of the molecule is CCc1cccc(Oc2c(F)cccc2CNC(C)C)c1. The molecule has 0 spiro atoms. The van der Waals surface area contributed by atoms with Crippen LogP contribution in [0.1, 0.15) is 31.9 Å². The Morgan fingerprint density at radius 1 is 1.14 bits per heavy atom. The van der Waals surface area contributed by atoms with Gasteiger partial charge in [0, 0.05) is 18.2 Å². The minimum absolute atomic E-state index is 0.305. The van der Waals surface area contributed by atoms with Gasteiger partial charge in [-0.3, -0.25) is 0 Å². The van der Waals surface area contributed by atoms with Gasteiger partial charge in [-0.25, -0.2) is 4.39 Å². The van der Waals surface area contributed by atoms with E-state index in [-0.39, 0.29) is 5.82 Å². The van der Waals surface area contributed by atoms with E-state index in [1.54, 1.807) is 6.07 Å². The van der Waals surface area contributed by atoms with E-state index >= 15 is 0 Å². The van der Waals surface area contributed by atoms with Crippen LogP contribution in [0.5, 0.6) is 11.5 Å². The van der Waals surface area contributed by atoms with Crippen molar-refractivity contribution in [3.05, 3.63) is 59.4 Å². The number of halogens is 1. The topological polar surface area (TPSA) is 21.3 Å². The van der Waals surface area contributed by atoms with Crippen molar-refractivity contribution in [3.63, 3.8) is 0 Å². The van der Waals surface area contributed by atoms with Crippen LogP contribution in [0.15, 0.2) is 42.5 Å². The van der Waals surface area contributed by atoms with Gasteiger partial charge in [0.2, 0.25) is 0 Å². The molecule has 0 radical (unpaired) electrons. The number of hydrogen-bond donors (Lipinski definition) is 1. The van der Waals surface area contributed by atoms with Gasteiger partial charge in [0.05, 0.1) is 0 Å². The van der Waals surface area contributed by atoms with Crippen LogP contribution in [0.2, 0.25) is 0 Å². The standard InChI is InChI=1S/C18H22FNO/c1-4-14-7-5-9-16(11-14)21-18-15(12-20-13(2)3)8-6-10-17(18)19/h5-11,13,20H,4,12H2,1-3H3. The lowest BCUT2D eigenvalue weighted by molar-refractivity contribution is 0.431. The smallest absolute Gasteiger partial charge is 0.167 e. The maximum absolute atomic E-state index is 14.1. The first-order chi connectivity index (χ1) is 10.1. The van der Waals surface area contributed by atoms with E-state index in [0.717, 1.165) is 12.0 Å². The summed E-state index contributed by atoms with van der Waals surface area (Å²) >= 11 is 0. The van der Waals surface area contributed by atoms with Crippen LogP contribution < -0.4 is 10.1 Å². The fourth-order valence-corrected chi connectivity index (χ4v) is 2.07. The highest BCUT2D eigenvalue weighted by atomic mass is 19.1. The third-order valence-corrected chi connectivity index (χ3v) is 3.28. The van der Waals surface area contributed by atoms with E-state index in [1.807, 2.05) is 30.3 Å². The molecule has 0 saturated carbocycles. The van der Waals surface area contributed by atoms with Gasteiger partial charge in [-0.2, -0.15) is 0 Å². The van der Waals surface area contributed by atoms with E-state index in [0.29, 0.717) is 24.1 Å². The summed E-state index contributed by atoms with van der Waals surface area (Å²) < 4.78 is 19.9. The van der Waals surface area contributed by atoms with Crippen LogP contribution in [0, 0.1) is 5.82 Å². The second kappa shape index (κ2) is 7.23. The number of benzene rings is 2. The monoisotopic (exact) mass is 287 g/mol. The molecule has 0 heterocycles. The molecule has 2 nitrogen and oxygen atoms in total. The third-order valence-electron chi connectivity index (χ3n) is 3.28. The van der Waals surface area contributed by atoms with Crippen LogP contribution >= 0.6 is 0 Å². The van der Waals surface area contributed by atoms with Gasteiger partial charge in [0.25, 0.3) is 0 Å². The number of rotatable bonds is 6. The van der Waals surface area contributed by atoms with Gasteiger partial charge in [0.1, 0.15) is 5.75 Å². The van der Waals surface area contributed by atoms with Crippen molar-refractivity contribution in [2.45, 2.75) is 39.8 Å². The maximum Gasteiger partial charge on any atom is 0.167 e. The highest BCUT2D eigenvalue weighted by molar-refractivity contribution is 5.40. The highest BCUT2D eigenvalue weighted by Gasteiger charge is 2.11. The lowest BCUT2D eigenvalue weighted by Gasteiger charge is -2.14. The van der Waals surface area contributed by atoms with Crippen molar-refractivity contribution >= 4 is 0 Å². The fraction of sp³-hybridized carbons (Fsp3) is 0.333. The first kappa shape index (κ1) is 15.5. The van der Waals surface area contributed by atoms with Crippen molar-refractivity contribution in [1.82, 2.24) is 5.32 Å². The molecule has 112 valence electrons. The molecule has 0 aromatic heterocycles. The third kappa shape index (κ3) is 4.30. The molecule has 2 aromatic rings. The molecule has 21 heavy (non-hydrogen) atoms. The molecule has 0 aliphatic heterocycles. The molecule has 0 aliphatic carbocycles. The van der Waals surface area contributed by atoms with Crippen molar-refractivity contribution in [2.24, 2.45) is 0 Å². The molecule has 0 saturated heterocycles. The first-order valence-corrected chi connectivity index (χ1v) is 7.37. The largest absolute Gasteiger partial charge is 0.454 e. The normalized spacial score (nSPS) is 10.9. The van der Waals surface area contributed by atoms with Crippen LogP contribution in [0.4, 0.5) is 4.39 Å². The predicted octanol–water partition coefficient (Wildman–Crippen LogP) is 4.68. The molecular formula is C18H22FNO. The second-order valence-corrected chi connectivity index (χ2v) is 5.37. The zero-order valence-corrected chi connectivity index (χ0v) is 12.8. The Balaban J connectivity index is 2.25. The van der Waals surface area contributed by atoms with Crippen molar-refractivity contribution in [2.75, 3.05) is 0 Å². The van der Waals surface area contributed by atoms with Crippen LogP contribution in [0.3, 0.4) is 0 Å². The molecule has 0 unspecified atom stereocenters. The lowest BCUT2D eigenvalue weighted by atomic mass is 10.1. The summed E-state index contributed by atoms with van der Waals surface area (Å²) in [6.45, 7) is 6.79. The Bertz CT molecular complexity index is 596. The minimum atomic E-state index is -0.333. The zero-order valence-electron chi connectivity index (χ0n) is 12.8. The summed E-state index contributed by atoms with van der Waals surface area (Å²) in [6.07, 6.45) is 0.927. The molecule has 0 fully saturated rings. The molecule has 0 amide bonds. The molecule has 2 aromatic carbocycles. The van der Waals surface area contributed by atoms with E-state index < -0.39 is 0 Å². The molecular weight excluding hydrogens is 265 g/mol. The molecule has 0 aliphatic rings. The van der Waals surface area contributed by atoms with Gasteiger partial charge < -0.3 is 10.1 Å². The van der Waals surface area contributed by atoms with Crippen LogP contribution in [0.25, 0.3) is 0 Å². The van der Waals surface area contributed by atoms with Gasteiger partial charge in [-0.15, -0.1) is 0 Å². The minimum Gasteiger partial charge on any atom is -0.454 e. The summed E-state index contributed by atoms with van der Waals surface area (Å²) in [5.41, 5.74) is 2.00. The van der Waals surface area contributed by atoms with Crippen molar-refractivity contribution in [1.29, 1.82) is 0 Å². The Labute approximate surface area is 126 Å². The number of aryl methyl sites for hydroxylation is 1. The maximum atomic E-state index is 14.1. The molecule has 3 heteroatoms. The summed E-state index contributed by atoms with van der Waals surface area (Å²) in [5, 5.41) is 3.29. The first-order valence-electron chi connectivity index (χ1n) is 7.37. The summed E-state index contributed by atoms with van der Waals surface area (Å²) in [7, 11) is 0. The summed E-state index contributed by atoms with van der Waals surface area (Å²) in [6, 6.07) is 13.1. The van der Waals surface area contributed by atoms with Gasteiger partial charge in [-0.1, -0.05) is 45.0 Å². The van der Waals surface area contributed by atoms with E-state index in [9.17, 15) is 4.39 Å². The van der Waals surface area contributed by atoms with Crippen molar-refractivity contribution in [3.8, 4) is 11.5 Å². The van der Waals surface area contributed by atoms with Gasteiger partial charge >= 0.3 is 0 Å². The predicted molar refractivity (Wildman–Crippen MR) is 84.3 cm³/mol. The second-order valence-electron chi connectivity index (χ2n) is 5.37. The Morgan fingerprint density at radius 3 is 2.62 bits per heavy atom. The summed E-state index contributed by atoms with van der Waals surface area (Å²) in [4.78, 5) is 0. The van der Waals surface area contributed by atoms with Crippen LogP contribution in [-0.2, 0) is 13.0 Å². The van der Waals surface area contributed by atoms with Crippen LogP contribution in [-0.4, -0.2) is 6.04 Å². The number of ether oxygens (including phenoxy) is 1. The number of nitrogens with one attached hydrogen (secondary N) is 1. The average Bonchev–Trinajstić information content (AvgIpc) is 2.48. The van der Waals surface area contributed by atoms with E-state index in [2.05, 4.69) is 26.1 Å². The molecule has 0 atom stereocenters. The fourth-order valence-electron chi connectivity index (χ4n) is 2.07. The Kier molecular flexibility index (Phi) is 5.34. The summed E-state index contributed by atoms with van der Waals surface area (Å²) in [5.74, 6) is 0.643. The number of para-hydroxylation sites is 1. The average molecular weight is 287 g/mol. The molecule has 1 N–H and O–H groups in total. The molecule has 0 bridgehead atoms. The van der Waals surface area contributed by atoms with E-state index in [4.69, 9.17) is 4.74 Å². The van der Waals surface area contributed by atoms with E-state index in [1.165, 1.54) is 11.6 Å². The highest BCUT2D eigenvalue weighted by Crippen LogP contribution is 2.29. The Morgan fingerprint density at radius 2 is 1.90 bits per heavy atom. The van der Waals surface area contributed by atoms with Gasteiger partial charge in [0.15, 0.2) is 11.6 Å². The molecule has 2 rings (SSSR count). The van der Waals surface area contributed by atoms with Gasteiger partial charge in [-0.05, 0) is 30.2 Å². The van der Waals surface area contributed by atoms with Crippen molar-refractivity contribution < 1.29 is 9.13 Å². The zero-order chi connectivity index (χ0) is 15.2. The number of hydrogen-bond acceptors (Lipinski definition) is 2. The lowest BCUT2D eigenvalue weighted by Crippen LogP contribution is -2.22. The Hall–Kier alpha value is -1.87.